The van der Waals surface area contributed by atoms with Gasteiger partial charge in [0.05, 0.1) is 36.2 Å². The number of nitrogens with zero attached hydrogens (tertiary/aromatic N) is 4. The van der Waals surface area contributed by atoms with Gasteiger partial charge in [0.1, 0.15) is 0 Å². The lowest BCUT2D eigenvalue weighted by Crippen LogP contribution is -2.42. The Morgan fingerprint density at radius 1 is 1.30 bits per heavy atom. The van der Waals surface area contributed by atoms with E-state index in [9.17, 15) is 4.79 Å². The molecule has 27 heavy (non-hydrogen) atoms. The van der Waals surface area contributed by atoms with Crippen molar-refractivity contribution < 1.29 is 4.79 Å². The molecule has 0 aromatic carbocycles. The number of amides is 1. The predicted octanol–water partition coefficient (Wildman–Crippen LogP) is 2.64. The van der Waals surface area contributed by atoms with Crippen LogP contribution in [-0.4, -0.2) is 43.4 Å². The first-order valence-electron chi connectivity index (χ1n) is 10.3. The molecule has 0 bridgehead atoms. The van der Waals surface area contributed by atoms with E-state index >= 15 is 0 Å². The molecule has 3 heterocycles. The average molecular weight is 371 g/mol. The number of aromatic amines is 1. The first kappa shape index (κ1) is 18.2. The fourth-order valence-corrected chi connectivity index (χ4v) is 4.41. The Hall–Kier alpha value is -2.15. The van der Waals surface area contributed by atoms with Crippen LogP contribution in [0.15, 0.2) is 12.3 Å². The van der Waals surface area contributed by atoms with E-state index in [-0.39, 0.29) is 5.91 Å². The van der Waals surface area contributed by atoms with Crippen molar-refractivity contribution >= 4 is 5.91 Å². The van der Waals surface area contributed by atoms with Crippen LogP contribution in [0.2, 0.25) is 0 Å². The van der Waals surface area contributed by atoms with Gasteiger partial charge in [0.15, 0.2) is 0 Å². The van der Waals surface area contributed by atoms with Gasteiger partial charge < -0.3 is 5.32 Å². The molecule has 1 fully saturated rings. The van der Waals surface area contributed by atoms with Crippen molar-refractivity contribution in [1.29, 1.82) is 0 Å². The molecule has 0 radical (unpaired) electrons. The van der Waals surface area contributed by atoms with Crippen LogP contribution < -0.4 is 5.32 Å². The molecule has 2 aromatic rings. The van der Waals surface area contributed by atoms with Gasteiger partial charge in [-0.2, -0.15) is 10.2 Å². The lowest BCUT2D eigenvalue weighted by atomic mass is 9.94. The summed E-state index contributed by atoms with van der Waals surface area (Å²) in [6, 6.07) is 2.89. The number of aryl methyl sites for hydroxylation is 1. The van der Waals surface area contributed by atoms with Gasteiger partial charge in [-0.25, -0.2) is 0 Å². The maximum absolute atomic E-state index is 12.5. The highest BCUT2D eigenvalue weighted by Crippen LogP contribution is 2.26. The first-order chi connectivity index (χ1) is 13.2. The summed E-state index contributed by atoms with van der Waals surface area (Å²) in [5, 5.41) is 14.6. The maximum atomic E-state index is 12.5. The Labute approximate surface area is 160 Å². The lowest BCUT2D eigenvalue weighted by molar-refractivity contribution is 0.0949. The van der Waals surface area contributed by atoms with E-state index in [1.807, 2.05) is 0 Å². The number of hydrogen-bond donors (Lipinski definition) is 2. The second-order valence-corrected chi connectivity index (χ2v) is 7.81. The summed E-state index contributed by atoms with van der Waals surface area (Å²) in [5.41, 5.74) is 3.75. The fourth-order valence-electron chi connectivity index (χ4n) is 4.41. The molecular weight excluding hydrogens is 340 g/mol. The molecule has 7 nitrogen and oxygen atoms in total. The Bertz CT molecular complexity index is 773. The molecule has 2 aliphatic rings. The zero-order valence-corrected chi connectivity index (χ0v) is 16.2. The molecule has 0 atom stereocenters. The number of carbonyl (C=O) groups excluding carboxylic acids is 1. The number of aromatic nitrogens is 4. The van der Waals surface area contributed by atoms with Gasteiger partial charge in [-0.05, 0) is 25.3 Å². The summed E-state index contributed by atoms with van der Waals surface area (Å²) in [6.07, 6.45) is 10.2. The van der Waals surface area contributed by atoms with Gasteiger partial charge in [0, 0.05) is 24.8 Å². The minimum absolute atomic E-state index is 0.0815. The highest BCUT2D eigenvalue weighted by atomic mass is 16.1. The third kappa shape index (κ3) is 4.08. The van der Waals surface area contributed by atoms with E-state index in [0.717, 1.165) is 49.9 Å². The number of fused-ring (bicyclic) bond motifs is 1. The van der Waals surface area contributed by atoms with E-state index in [0.29, 0.717) is 12.1 Å². The molecular formula is C20H30N6O. The second-order valence-electron chi connectivity index (χ2n) is 7.81. The van der Waals surface area contributed by atoms with Crippen LogP contribution in [0.4, 0.5) is 0 Å². The smallest absolute Gasteiger partial charge is 0.255 e. The topological polar surface area (TPSA) is 78.8 Å². The first-order valence-corrected chi connectivity index (χ1v) is 10.3. The molecule has 1 aliphatic carbocycles. The minimum Gasteiger partial charge on any atom is -0.346 e. The molecule has 1 amide bonds. The van der Waals surface area contributed by atoms with E-state index in [1.54, 1.807) is 6.20 Å². The van der Waals surface area contributed by atoms with Crippen LogP contribution in [-0.2, 0) is 26.1 Å². The number of hydrogen-bond acceptors (Lipinski definition) is 4. The number of rotatable bonds is 6. The zero-order chi connectivity index (χ0) is 18.6. The molecule has 7 heteroatoms. The van der Waals surface area contributed by atoms with Gasteiger partial charge in [0.2, 0.25) is 0 Å². The van der Waals surface area contributed by atoms with Gasteiger partial charge in [-0.1, -0.05) is 32.6 Å². The Morgan fingerprint density at radius 3 is 2.96 bits per heavy atom. The molecule has 0 saturated heterocycles. The fraction of sp³-hybridized carbons (Fsp3) is 0.650. The van der Waals surface area contributed by atoms with E-state index in [4.69, 9.17) is 5.10 Å². The monoisotopic (exact) mass is 370 g/mol. The van der Waals surface area contributed by atoms with Crippen molar-refractivity contribution in [1.82, 2.24) is 30.2 Å². The van der Waals surface area contributed by atoms with Crippen molar-refractivity contribution in [3.63, 3.8) is 0 Å². The summed E-state index contributed by atoms with van der Waals surface area (Å²) in [5.74, 6) is -0.0815. The van der Waals surface area contributed by atoms with Gasteiger partial charge in [-0.3, -0.25) is 19.5 Å². The average Bonchev–Trinajstić information content (AvgIpc) is 3.33. The van der Waals surface area contributed by atoms with Gasteiger partial charge in [-0.15, -0.1) is 0 Å². The van der Waals surface area contributed by atoms with Crippen LogP contribution in [0.25, 0.3) is 0 Å². The van der Waals surface area contributed by atoms with Gasteiger partial charge >= 0.3 is 0 Å². The highest BCUT2D eigenvalue weighted by Gasteiger charge is 2.26. The third-order valence-corrected chi connectivity index (χ3v) is 5.86. The van der Waals surface area contributed by atoms with Crippen LogP contribution in [0.5, 0.6) is 0 Å². The largest absolute Gasteiger partial charge is 0.346 e. The molecule has 1 saturated carbocycles. The Kier molecular flexibility index (Phi) is 5.57. The third-order valence-electron chi connectivity index (χ3n) is 5.86. The number of carbonyl (C=O) groups is 1. The van der Waals surface area contributed by atoms with Crippen molar-refractivity contribution in [3.8, 4) is 0 Å². The van der Waals surface area contributed by atoms with Gasteiger partial charge in [0.25, 0.3) is 5.91 Å². The van der Waals surface area contributed by atoms with Crippen molar-refractivity contribution in [2.45, 2.75) is 77.5 Å². The lowest BCUT2D eigenvalue weighted by Gasteiger charge is -2.36. The molecule has 1 aliphatic heterocycles. The van der Waals surface area contributed by atoms with E-state index < -0.39 is 0 Å². The molecule has 2 aromatic heterocycles. The Balaban J connectivity index is 1.35. The maximum Gasteiger partial charge on any atom is 0.255 e. The molecule has 0 spiro atoms. The van der Waals surface area contributed by atoms with E-state index in [2.05, 4.69) is 38.1 Å². The normalized spacial score (nSPS) is 18.4. The van der Waals surface area contributed by atoms with Crippen LogP contribution >= 0.6 is 0 Å². The standard InChI is InChI=1S/C20H30N6O/c1-2-6-19-18(13-22-23-19)20(27)21-12-15-11-17-14-25(9-10-26(17)24-15)16-7-4-3-5-8-16/h11,13,16H,2-10,12,14H2,1H3,(H,21,27)(H,22,23). The minimum atomic E-state index is -0.0815. The number of nitrogens with one attached hydrogen (secondary N) is 2. The SMILES string of the molecule is CCCc1[nH]ncc1C(=O)NCc1cc2n(n1)CCN(C1CCCCC1)C2. The quantitative estimate of drug-likeness (QED) is 0.819. The second kappa shape index (κ2) is 8.25. The molecule has 0 unspecified atom stereocenters. The van der Waals surface area contributed by atoms with Crippen LogP contribution in [0.1, 0.15) is 72.9 Å². The van der Waals surface area contributed by atoms with Crippen LogP contribution in [0, 0.1) is 0 Å². The molecule has 146 valence electrons. The predicted molar refractivity (Wildman–Crippen MR) is 103 cm³/mol. The molecule has 2 N–H and O–H groups in total. The van der Waals surface area contributed by atoms with Crippen molar-refractivity contribution in [3.05, 3.63) is 34.9 Å². The summed E-state index contributed by atoms with van der Waals surface area (Å²) < 4.78 is 2.11. The van der Waals surface area contributed by atoms with Crippen LogP contribution in [0.3, 0.4) is 0 Å². The van der Waals surface area contributed by atoms with Crippen molar-refractivity contribution in [2.75, 3.05) is 6.54 Å². The summed E-state index contributed by atoms with van der Waals surface area (Å²) >= 11 is 0. The zero-order valence-electron chi connectivity index (χ0n) is 16.2. The summed E-state index contributed by atoms with van der Waals surface area (Å²) in [6.45, 7) is 5.56. The number of H-pyrrole nitrogens is 1. The van der Waals surface area contributed by atoms with E-state index in [1.165, 1.54) is 37.8 Å². The van der Waals surface area contributed by atoms with Crippen molar-refractivity contribution in [2.24, 2.45) is 0 Å². The molecule has 4 rings (SSSR count). The highest BCUT2D eigenvalue weighted by molar-refractivity contribution is 5.94. The summed E-state index contributed by atoms with van der Waals surface area (Å²) in [7, 11) is 0. The summed E-state index contributed by atoms with van der Waals surface area (Å²) in [4.78, 5) is 15.1. The Morgan fingerprint density at radius 2 is 2.15 bits per heavy atom.